The van der Waals surface area contributed by atoms with Crippen molar-refractivity contribution in [1.82, 2.24) is 0 Å². The van der Waals surface area contributed by atoms with Crippen LogP contribution < -0.4 is 5.32 Å². The molecule has 0 amide bonds. The fourth-order valence-corrected chi connectivity index (χ4v) is 1.83. The number of halogens is 2. The zero-order valence-electron chi connectivity index (χ0n) is 10.8. The Kier molecular flexibility index (Phi) is 3.69. The Bertz CT molecular complexity index is 611. The van der Waals surface area contributed by atoms with E-state index in [0.29, 0.717) is 5.56 Å². The molecule has 0 bridgehead atoms. The summed E-state index contributed by atoms with van der Waals surface area (Å²) in [5.74, 6) is -0.800. The molecule has 0 saturated carbocycles. The van der Waals surface area contributed by atoms with Crippen molar-refractivity contribution >= 4 is 5.69 Å². The lowest BCUT2D eigenvalue weighted by molar-refractivity contribution is 0.465. The lowest BCUT2D eigenvalue weighted by Gasteiger charge is -2.11. The summed E-state index contributed by atoms with van der Waals surface area (Å²) in [6.45, 7) is 3.52. The van der Waals surface area contributed by atoms with Gasteiger partial charge in [0.2, 0.25) is 0 Å². The Balaban J connectivity index is 2.19. The van der Waals surface area contributed by atoms with Gasteiger partial charge in [-0.2, -0.15) is 0 Å². The summed E-state index contributed by atoms with van der Waals surface area (Å²) >= 11 is 0. The van der Waals surface area contributed by atoms with Gasteiger partial charge in [-0.05, 0) is 31.0 Å². The van der Waals surface area contributed by atoms with Gasteiger partial charge in [0.25, 0.3) is 0 Å². The van der Waals surface area contributed by atoms with Crippen LogP contribution in [0.5, 0.6) is 5.75 Å². The molecule has 0 radical (unpaired) electrons. The summed E-state index contributed by atoms with van der Waals surface area (Å²) in [4.78, 5) is 0. The first kappa shape index (κ1) is 13.3. The van der Waals surface area contributed by atoms with Crippen molar-refractivity contribution in [3.63, 3.8) is 0 Å². The normalized spacial score (nSPS) is 10.5. The predicted octanol–water partition coefficient (Wildman–Crippen LogP) is 3.90. The Labute approximate surface area is 110 Å². The Morgan fingerprint density at radius 3 is 2.53 bits per heavy atom. The summed E-state index contributed by atoms with van der Waals surface area (Å²) < 4.78 is 27.0. The smallest absolute Gasteiger partial charge is 0.146 e. The van der Waals surface area contributed by atoms with E-state index in [4.69, 9.17) is 0 Å². The van der Waals surface area contributed by atoms with Gasteiger partial charge in [-0.3, -0.25) is 0 Å². The van der Waals surface area contributed by atoms with Crippen LogP contribution in [0.25, 0.3) is 0 Å². The Morgan fingerprint density at radius 1 is 1.05 bits per heavy atom. The molecule has 0 spiro atoms. The highest BCUT2D eigenvalue weighted by Crippen LogP contribution is 2.24. The molecule has 0 aromatic heterocycles. The number of aromatic hydroxyl groups is 1. The summed E-state index contributed by atoms with van der Waals surface area (Å²) in [5, 5.41) is 12.6. The number of hydrogen-bond acceptors (Lipinski definition) is 2. The van der Waals surface area contributed by atoms with E-state index in [1.807, 2.05) is 0 Å². The number of hydrogen-bond donors (Lipinski definition) is 2. The minimum atomic E-state index is -0.508. The van der Waals surface area contributed by atoms with Crippen LogP contribution in [0.15, 0.2) is 30.3 Å². The molecular formula is C15H15F2NO. The van der Waals surface area contributed by atoms with E-state index >= 15 is 0 Å². The van der Waals surface area contributed by atoms with Gasteiger partial charge in [-0.15, -0.1) is 0 Å². The third-order valence-electron chi connectivity index (χ3n) is 3.04. The number of benzene rings is 2. The maximum Gasteiger partial charge on any atom is 0.146 e. The average molecular weight is 263 g/mol. The standard InChI is InChI=1S/C15H15F2NO/c1-9-4-3-5-11(15(9)19)8-18-14-7-12(16)10(2)6-13(14)17/h3-7,18-19H,8H2,1-2H3. The van der Waals surface area contributed by atoms with Gasteiger partial charge < -0.3 is 10.4 Å². The zero-order chi connectivity index (χ0) is 14.0. The fraction of sp³-hybridized carbons (Fsp3) is 0.200. The van der Waals surface area contributed by atoms with E-state index in [1.165, 1.54) is 6.92 Å². The third kappa shape index (κ3) is 2.84. The number of para-hydroxylation sites is 1. The first-order valence-electron chi connectivity index (χ1n) is 5.96. The van der Waals surface area contributed by atoms with Gasteiger partial charge in [-0.25, -0.2) is 8.78 Å². The maximum absolute atomic E-state index is 13.6. The SMILES string of the molecule is Cc1cc(F)c(NCc2cccc(C)c2O)cc1F. The second-order valence-electron chi connectivity index (χ2n) is 4.52. The molecule has 2 rings (SSSR count). The molecule has 0 saturated heterocycles. The van der Waals surface area contributed by atoms with Crippen molar-refractivity contribution in [2.45, 2.75) is 20.4 Å². The number of nitrogens with one attached hydrogen (secondary N) is 1. The molecule has 0 aliphatic heterocycles. The van der Waals surface area contributed by atoms with Gasteiger partial charge >= 0.3 is 0 Å². The topological polar surface area (TPSA) is 32.3 Å². The van der Waals surface area contributed by atoms with E-state index < -0.39 is 11.6 Å². The second kappa shape index (κ2) is 5.26. The van der Waals surface area contributed by atoms with Crippen LogP contribution in [0.4, 0.5) is 14.5 Å². The van der Waals surface area contributed by atoms with E-state index in [2.05, 4.69) is 5.32 Å². The second-order valence-corrected chi connectivity index (χ2v) is 4.52. The lowest BCUT2D eigenvalue weighted by atomic mass is 10.1. The van der Waals surface area contributed by atoms with Gasteiger partial charge in [-0.1, -0.05) is 18.2 Å². The van der Waals surface area contributed by atoms with Crippen molar-refractivity contribution in [3.8, 4) is 5.75 Å². The van der Waals surface area contributed by atoms with Gasteiger partial charge in [0.15, 0.2) is 0 Å². The van der Waals surface area contributed by atoms with Crippen LogP contribution in [0, 0.1) is 25.5 Å². The lowest BCUT2D eigenvalue weighted by Crippen LogP contribution is -2.03. The number of aryl methyl sites for hydroxylation is 2. The molecule has 0 aliphatic rings. The summed E-state index contributed by atoms with van der Waals surface area (Å²) in [5.41, 5.74) is 1.74. The molecule has 0 heterocycles. The van der Waals surface area contributed by atoms with Gasteiger partial charge in [0.1, 0.15) is 17.4 Å². The number of rotatable bonds is 3. The molecule has 2 aromatic carbocycles. The van der Waals surface area contributed by atoms with E-state index in [-0.39, 0.29) is 23.5 Å². The highest BCUT2D eigenvalue weighted by molar-refractivity contribution is 5.49. The minimum Gasteiger partial charge on any atom is -0.507 e. The monoisotopic (exact) mass is 263 g/mol. The van der Waals surface area contributed by atoms with Crippen LogP contribution in [-0.2, 0) is 6.54 Å². The van der Waals surface area contributed by atoms with Crippen LogP contribution in [0.3, 0.4) is 0 Å². The van der Waals surface area contributed by atoms with Crippen LogP contribution in [0.2, 0.25) is 0 Å². The van der Waals surface area contributed by atoms with Crippen molar-refractivity contribution < 1.29 is 13.9 Å². The fourth-order valence-electron chi connectivity index (χ4n) is 1.83. The van der Waals surface area contributed by atoms with Crippen molar-refractivity contribution in [2.75, 3.05) is 5.32 Å². The molecule has 100 valence electrons. The van der Waals surface area contributed by atoms with E-state index in [1.54, 1.807) is 25.1 Å². The highest BCUT2D eigenvalue weighted by Gasteiger charge is 2.08. The van der Waals surface area contributed by atoms with Crippen LogP contribution >= 0.6 is 0 Å². The molecule has 0 fully saturated rings. The summed E-state index contributed by atoms with van der Waals surface area (Å²) in [6.07, 6.45) is 0. The first-order chi connectivity index (χ1) is 8.99. The number of anilines is 1. The molecule has 19 heavy (non-hydrogen) atoms. The maximum atomic E-state index is 13.6. The molecule has 2 nitrogen and oxygen atoms in total. The van der Waals surface area contributed by atoms with Crippen LogP contribution in [-0.4, -0.2) is 5.11 Å². The van der Waals surface area contributed by atoms with Crippen molar-refractivity contribution in [1.29, 1.82) is 0 Å². The molecule has 2 N–H and O–H groups in total. The number of phenols is 1. The molecule has 0 unspecified atom stereocenters. The van der Waals surface area contributed by atoms with Crippen LogP contribution in [0.1, 0.15) is 16.7 Å². The molecule has 0 aliphatic carbocycles. The molecule has 2 aromatic rings. The third-order valence-corrected chi connectivity index (χ3v) is 3.04. The average Bonchev–Trinajstić information content (AvgIpc) is 2.37. The van der Waals surface area contributed by atoms with E-state index in [9.17, 15) is 13.9 Å². The molecule has 4 heteroatoms. The summed E-state index contributed by atoms with van der Waals surface area (Å²) in [6, 6.07) is 7.59. The summed E-state index contributed by atoms with van der Waals surface area (Å²) in [7, 11) is 0. The quantitative estimate of drug-likeness (QED) is 0.880. The van der Waals surface area contributed by atoms with Crippen molar-refractivity contribution in [3.05, 3.63) is 58.7 Å². The molecular weight excluding hydrogens is 248 g/mol. The predicted molar refractivity (Wildman–Crippen MR) is 71.3 cm³/mol. The Hall–Kier alpha value is -2.10. The van der Waals surface area contributed by atoms with E-state index in [0.717, 1.165) is 17.7 Å². The number of phenolic OH excluding ortho intramolecular Hbond substituents is 1. The van der Waals surface area contributed by atoms with Crippen molar-refractivity contribution in [2.24, 2.45) is 0 Å². The van der Waals surface area contributed by atoms with Gasteiger partial charge in [0, 0.05) is 18.2 Å². The van der Waals surface area contributed by atoms with Gasteiger partial charge in [0.05, 0.1) is 5.69 Å². The molecule has 0 atom stereocenters. The minimum absolute atomic E-state index is 0.0870. The largest absolute Gasteiger partial charge is 0.507 e. The zero-order valence-corrected chi connectivity index (χ0v) is 10.8. The Morgan fingerprint density at radius 2 is 1.79 bits per heavy atom. The first-order valence-corrected chi connectivity index (χ1v) is 5.96. The highest BCUT2D eigenvalue weighted by atomic mass is 19.1.